The summed E-state index contributed by atoms with van der Waals surface area (Å²) >= 11 is 0. The van der Waals surface area contributed by atoms with E-state index in [9.17, 15) is 13.2 Å². The first-order valence-corrected chi connectivity index (χ1v) is 8.45. The fourth-order valence-corrected chi connectivity index (χ4v) is 4.22. The molecular formula is C18H24F3N. The van der Waals surface area contributed by atoms with Crippen molar-refractivity contribution < 1.29 is 13.2 Å². The van der Waals surface area contributed by atoms with Crippen LogP contribution in [0.4, 0.5) is 13.2 Å². The molecule has 0 atom stereocenters. The van der Waals surface area contributed by atoms with Crippen molar-refractivity contribution in [1.29, 1.82) is 0 Å². The quantitative estimate of drug-likeness (QED) is 0.711. The Kier molecular flexibility index (Phi) is 4.49. The first kappa shape index (κ1) is 15.9. The van der Waals surface area contributed by atoms with Gasteiger partial charge in [-0.05, 0) is 56.5 Å². The normalized spacial score (nSPS) is 23.4. The topological polar surface area (TPSA) is 3.24 Å². The molecule has 1 aromatic carbocycles. The molecule has 1 saturated carbocycles. The van der Waals surface area contributed by atoms with Crippen molar-refractivity contribution in [2.75, 3.05) is 13.1 Å². The summed E-state index contributed by atoms with van der Waals surface area (Å²) in [5.41, 5.74) is 0.519. The van der Waals surface area contributed by atoms with Crippen LogP contribution in [0.5, 0.6) is 0 Å². The highest BCUT2D eigenvalue weighted by Gasteiger charge is 2.40. The van der Waals surface area contributed by atoms with E-state index in [1.54, 1.807) is 12.1 Å². The van der Waals surface area contributed by atoms with E-state index >= 15 is 0 Å². The maximum absolute atomic E-state index is 12.8. The molecule has 0 N–H and O–H groups in total. The third-order valence-electron chi connectivity index (χ3n) is 5.39. The highest BCUT2D eigenvalue weighted by atomic mass is 19.4. The van der Waals surface area contributed by atoms with E-state index in [4.69, 9.17) is 0 Å². The van der Waals surface area contributed by atoms with Gasteiger partial charge in [-0.25, -0.2) is 0 Å². The van der Waals surface area contributed by atoms with E-state index in [-0.39, 0.29) is 5.54 Å². The van der Waals surface area contributed by atoms with Gasteiger partial charge in [0.1, 0.15) is 0 Å². The van der Waals surface area contributed by atoms with Gasteiger partial charge in [-0.3, -0.25) is 4.90 Å². The zero-order valence-electron chi connectivity index (χ0n) is 13.0. The molecule has 0 aromatic heterocycles. The smallest absolute Gasteiger partial charge is 0.294 e. The number of hydrogen-bond donors (Lipinski definition) is 0. The third kappa shape index (κ3) is 3.03. The molecule has 0 amide bonds. The number of benzene rings is 1. The van der Waals surface area contributed by atoms with Crippen LogP contribution >= 0.6 is 0 Å². The SMILES string of the molecule is FC(F)(F)c1ccc(C2(N3CCCCC3)CCCCC2)cc1. The summed E-state index contributed by atoms with van der Waals surface area (Å²) in [6.45, 7) is 2.17. The van der Waals surface area contributed by atoms with Gasteiger partial charge in [0.25, 0.3) is 0 Å². The van der Waals surface area contributed by atoms with Gasteiger partial charge < -0.3 is 0 Å². The summed E-state index contributed by atoms with van der Waals surface area (Å²) in [5.74, 6) is 0. The van der Waals surface area contributed by atoms with Crippen molar-refractivity contribution >= 4 is 0 Å². The van der Waals surface area contributed by atoms with E-state index in [0.717, 1.165) is 31.5 Å². The van der Waals surface area contributed by atoms with Gasteiger partial charge in [0.2, 0.25) is 0 Å². The Morgan fingerprint density at radius 2 is 1.32 bits per heavy atom. The molecule has 0 bridgehead atoms. The predicted octanol–water partition coefficient (Wildman–Crippen LogP) is 5.35. The van der Waals surface area contributed by atoms with Gasteiger partial charge in [0, 0.05) is 5.54 Å². The summed E-state index contributed by atoms with van der Waals surface area (Å²) in [4.78, 5) is 2.55. The Morgan fingerprint density at radius 3 is 1.86 bits per heavy atom. The number of hydrogen-bond acceptors (Lipinski definition) is 1. The minimum absolute atomic E-state index is 0.0250. The fraction of sp³-hybridized carbons (Fsp3) is 0.667. The summed E-state index contributed by atoms with van der Waals surface area (Å²) in [5, 5.41) is 0. The molecule has 1 aliphatic carbocycles. The maximum atomic E-state index is 12.8. The van der Waals surface area contributed by atoms with E-state index in [2.05, 4.69) is 4.90 Å². The van der Waals surface area contributed by atoms with Crippen LogP contribution in [0.2, 0.25) is 0 Å². The molecule has 22 heavy (non-hydrogen) atoms. The van der Waals surface area contributed by atoms with Gasteiger partial charge in [-0.2, -0.15) is 13.2 Å². The Morgan fingerprint density at radius 1 is 0.773 bits per heavy atom. The lowest BCUT2D eigenvalue weighted by Crippen LogP contribution is -2.49. The van der Waals surface area contributed by atoms with Crippen LogP contribution in [0.3, 0.4) is 0 Å². The second-order valence-corrected chi connectivity index (χ2v) is 6.72. The second-order valence-electron chi connectivity index (χ2n) is 6.72. The zero-order valence-corrected chi connectivity index (χ0v) is 13.0. The molecule has 1 nitrogen and oxygen atoms in total. The molecule has 0 radical (unpaired) electrons. The van der Waals surface area contributed by atoms with Gasteiger partial charge in [0.05, 0.1) is 5.56 Å². The lowest BCUT2D eigenvalue weighted by atomic mass is 9.74. The highest BCUT2D eigenvalue weighted by Crippen LogP contribution is 2.44. The van der Waals surface area contributed by atoms with Crippen molar-refractivity contribution in [2.45, 2.75) is 63.1 Å². The van der Waals surface area contributed by atoms with Gasteiger partial charge >= 0.3 is 6.18 Å². The summed E-state index contributed by atoms with van der Waals surface area (Å²) in [7, 11) is 0. The minimum atomic E-state index is -4.25. The molecule has 1 saturated heterocycles. The van der Waals surface area contributed by atoms with Crippen molar-refractivity contribution in [3.63, 3.8) is 0 Å². The average Bonchev–Trinajstić information content (AvgIpc) is 2.56. The van der Waals surface area contributed by atoms with Crippen LogP contribution in [-0.2, 0) is 11.7 Å². The van der Waals surface area contributed by atoms with Gasteiger partial charge in [-0.1, -0.05) is 37.8 Å². The van der Waals surface area contributed by atoms with Gasteiger partial charge in [0.15, 0.2) is 0 Å². The monoisotopic (exact) mass is 311 g/mol. The van der Waals surface area contributed by atoms with E-state index in [1.807, 2.05) is 0 Å². The Labute approximate surface area is 130 Å². The lowest BCUT2D eigenvalue weighted by Gasteiger charge is -2.49. The van der Waals surface area contributed by atoms with Crippen LogP contribution in [0.25, 0.3) is 0 Å². The maximum Gasteiger partial charge on any atom is 0.416 e. The number of likely N-dealkylation sites (tertiary alicyclic amines) is 1. The van der Waals surface area contributed by atoms with Crippen LogP contribution in [0.15, 0.2) is 24.3 Å². The standard InChI is InChI=1S/C18H24F3N/c19-18(20,21)16-9-7-15(8-10-16)17(11-3-1-4-12-17)22-13-5-2-6-14-22/h7-10H,1-6,11-14H2. The molecule has 1 aromatic rings. The first-order valence-electron chi connectivity index (χ1n) is 8.45. The molecule has 1 heterocycles. The molecule has 0 spiro atoms. The number of rotatable bonds is 2. The molecular weight excluding hydrogens is 287 g/mol. The molecule has 3 rings (SSSR count). The number of halogens is 3. The zero-order chi connectivity index (χ0) is 15.6. The van der Waals surface area contributed by atoms with Crippen molar-refractivity contribution in [3.05, 3.63) is 35.4 Å². The number of nitrogens with zero attached hydrogens (tertiary/aromatic N) is 1. The van der Waals surface area contributed by atoms with Crippen LogP contribution in [0, 0.1) is 0 Å². The van der Waals surface area contributed by atoms with Crippen LogP contribution in [0.1, 0.15) is 62.5 Å². The van der Waals surface area contributed by atoms with E-state index in [1.165, 1.54) is 50.7 Å². The Balaban J connectivity index is 1.91. The van der Waals surface area contributed by atoms with Crippen LogP contribution in [-0.4, -0.2) is 18.0 Å². The summed E-state index contributed by atoms with van der Waals surface area (Å²) in [6.07, 6.45) is 5.22. The molecule has 122 valence electrons. The first-order chi connectivity index (χ1) is 10.5. The number of piperidine rings is 1. The minimum Gasteiger partial charge on any atom is -0.294 e. The Bertz CT molecular complexity index is 480. The fourth-order valence-electron chi connectivity index (χ4n) is 4.22. The molecule has 2 fully saturated rings. The largest absolute Gasteiger partial charge is 0.416 e. The average molecular weight is 311 g/mol. The summed E-state index contributed by atoms with van der Waals surface area (Å²) in [6, 6.07) is 5.97. The third-order valence-corrected chi connectivity index (χ3v) is 5.39. The van der Waals surface area contributed by atoms with E-state index < -0.39 is 11.7 Å². The molecule has 4 heteroatoms. The number of alkyl halides is 3. The van der Waals surface area contributed by atoms with Crippen molar-refractivity contribution in [3.8, 4) is 0 Å². The highest BCUT2D eigenvalue weighted by molar-refractivity contribution is 5.31. The molecule has 1 aliphatic heterocycles. The second kappa shape index (κ2) is 6.23. The van der Waals surface area contributed by atoms with Gasteiger partial charge in [-0.15, -0.1) is 0 Å². The lowest BCUT2D eigenvalue weighted by molar-refractivity contribution is -0.137. The Hall–Kier alpha value is -1.03. The molecule has 0 unspecified atom stereocenters. The molecule has 2 aliphatic rings. The van der Waals surface area contributed by atoms with Crippen molar-refractivity contribution in [1.82, 2.24) is 4.90 Å². The summed E-state index contributed by atoms with van der Waals surface area (Å²) < 4.78 is 38.4. The predicted molar refractivity (Wildman–Crippen MR) is 81.6 cm³/mol. The van der Waals surface area contributed by atoms with Crippen LogP contribution < -0.4 is 0 Å². The van der Waals surface area contributed by atoms with E-state index in [0.29, 0.717) is 0 Å². The van der Waals surface area contributed by atoms with Crippen molar-refractivity contribution in [2.24, 2.45) is 0 Å².